The van der Waals surface area contributed by atoms with Gasteiger partial charge in [0.25, 0.3) is 0 Å². The molecule has 0 bridgehead atoms. The van der Waals surface area contributed by atoms with Gasteiger partial charge >= 0.3 is 11.9 Å². The van der Waals surface area contributed by atoms with E-state index in [1.54, 1.807) is 0 Å². The molecule has 1 unspecified atom stereocenters. The zero-order chi connectivity index (χ0) is 19.6. The third kappa shape index (κ3) is 14.6. The third-order valence-electron chi connectivity index (χ3n) is 4.98. The average Bonchev–Trinajstić information content (AvgIpc) is 3.18. The van der Waals surface area contributed by atoms with Crippen molar-refractivity contribution < 1.29 is 23.8 Å². The fourth-order valence-corrected chi connectivity index (χ4v) is 3.26. The summed E-state index contributed by atoms with van der Waals surface area (Å²) in [5.41, 5.74) is 0. The second kappa shape index (κ2) is 17.0. The molecule has 1 aliphatic rings. The number of rotatable bonds is 17. The molecule has 0 spiro atoms. The number of unbranched alkanes of at least 4 members (excludes halogenated alkanes) is 9. The van der Waals surface area contributed by atoms with Gasteiger partial charge in [-0.05, 0) is 25.7 Å². The summed E-state index contributed by atoms with van der Waals surface area (Å²) in [7, 11) is 0. The predicted molar refractivity (Wildman–Crippen MR) is 107 cm³/mol. The first-order valence-electron chi connectivity index (χ1n) is 11.1. The van der Waals surface area contributed by atoms with Crippen molar-refractivity contribution in [2.45, 2.75) is 109 Å². The zero-order valence-corrected chi connectivity index (χ0v) is 17.3. The molecule has 0 radical (unpaired) electrons. The quantitative estimate of drug-likeness (QED) is 0.250. The van der Waals surface area contributed by atoms with Gasteiger partial charge < -0.3 is 14.2 Å². The van der Waals surface area contributed by atoms with Crippen LogP contribution in [0.4, 0.5) is 0 Å². The summed E-state index contributed by atoms with van der Waals surface area (Å²) in [4.78, 5) is 23.3. The van der Waals surface area contributed by atoms with Crippen molar-refractivity contribution in [3.63, 3.8) is 0 Å². The van der Waals surface area contributed by atoms with E-state index in [9.17, 15) is 9.59 Å². The van der Waals surface area contributed by atoms with E-state index >= 15 is 0 Å². The standard InChI is InChI=1S/C22H40O5/c1-2-3-4-5-6-7-8-9-10-11-17-26-21(23)15-12-16-22(24)27-19-20-14-13-18-25-20/h20H,2-19H2,1H3. The highest BCUT2D eigenvalue weighted by Crippen LogP contribution is 2.13. The van der Waals surface area contributed by atoms with E-state index in [1.807, 2.05) is 0 Å². The van der Waals surface area contributed by atoms with E-state index in [2.05, 4.69) is 6.92 Å². The van der Waals surface area contributed by atoms with E-state index < -0.39 is 0 Å². The van der Waals surface area contributed by atoms with Crippen LogP contribution in [0.2, 0.25) is 0 Å². The van der Waals surface area contributed by atoms with Crippen molar-refractivity contribution in [1.82, 2.24) is 0 Å². The second-order valence-corrected chi connectivity index (χ2v) is 7.57. The molecule has 0 saturated carbocycles. The summed E-state index contributed by atoms with van der Waals surface area (Å²) < 4.78 is 15.8. The minimum absolute atomic E-state index is 0.0555. The fraction of sp³-hybridized carbons (Fsp3) is 0.909. The molecule has 1 saturated heterocycles. The van der Waals surface area contributed by atoms with Crippen LogP contribution in [0, 0.1) is 0 Å². The van der Waals surface area contributed by atoms with Gasteiger partial charge in [-0.3, -0.25) is 9.59 Å². The minimum atomic E-state index is -0.256. The summed E-state index contributed by atoms with van der Waals surface area (Å²) >= 11 is 0. The van der Waals surface area contributed by atoms with E-state index in [0.29, 0.717) is 19.6 Å². The maximum Gasteiger partial charge on any atom is 0.305 e. The van der Waals surface area contributed by atoms with Gasteiger partial charge in [0.15, 0.2) is 0 Å². The lowest BCUT2D eigenvalue weighted by atomic mass is 10.1. The molecule has 0 aromatic heterocycles. The smallest absolute Gasteiger partial charge is 0.305 e. The highest BCUT2D eigenvalue weighted by atomic mass is 16.6. The molecular weight excluding hydrogens is 344 g/mol. The van der Waals surface area contributed by atoms with Crippen LogP contribution in [-0.2, 0) is 23.8 Å². The Kier molecular flexibility index (Phi) is 15.1. The van der Waals surface area contributed by atoms with Crippen molar-refractivity contribution in [3.05, 3.63) is 0 Å². The van der Waals surface area contributed by atoms with E-state index in [-0.39, 0.29) is 30.9 Å². The van der Waals surface area contributed by atoms with Gasteiger partial charge in [-0.1, -0.05) is 64.7 Å². The van der Waals surface area contributed by atoms with Crippen molar-refractivity contribution in [3.8, 4) is 0 Å². The molecule has 1 atom stereocenters. The first-order chi connectivity index (χ1) is 13.2. The zero-order valence-electron chi connectivity index (χ0n) is 17.3. The van der Waals surface area contributed by atoms with Crippen LogP contribution in [0.15, 0.2) is 0 Å². The molecule has 1 heterocycles. The summed E-state index contributed by atoms with van der Waals surface area (Å²) in [5, 5.41) is 0. The highest BCUT2D eigenvalue weighted by Gasteiger charge is 2.17. The lowest BCUT2D eigenvalue weighted by Crippen LogP contribution is -2.17. The summed E-state index contributed by atoms with van der Waals surface area (Å²) in [6.45, 7) is 3.84. The maximum absolute atomic E-state index is 11.7. The van der Waals surface area contributed by atoms with Crippen molar-refractivity contribution in [2.24, 2.45) is 0 Å². The van der Waals surface area contributed by atoms with Crippen molar-refractivity contribution >= 4 is 11.9 Å². The largest absolute Gasteiger partial charge is 0.466 e. The van der Waals surface area contributed by atoms with E-state index in [4.69, 9.17) is 14.2 Å². The van der Waals surface area contributed by atoms with Crippen LogP contribution in [0.5, 0.6) is 0 Å². The average molecular weight is 385 g/mol. The molecule has 5 heteroatoms. The number of carbonyl (C=O) groups is 2. The lowest BCUT2D eigenvalue weighted by molar-refractivity contribution is -0.147. The third-order valence-corrected chi connectivity index (χ3v) is 4.98. The number of hydrogen-bond acceptors (Lipinski definition) is 5. The van der Waals surface area contributed by atoms with Gasteiger partial charge in [0.1, 0.15) is 6.61 Å². The summed E-state index contributed by atoms with van der Waals surface area (Å²) in [5.74, 6) is -0.467. The van der Waals surface area contributed by atoms with Gasteiger partial charge in [-0.2, -0.15) is 0 Å². The van der Waals surface area contributed by atoms with Crippen LogP contribution < -0.4 is 0 Å². The van der Waals surface area contributed by atoms with Gasteiger partial charge in [-0.15, -0.1) is 0 Å². The Morgan fingerprint density at radius 3 is 2.00 bits per heavy atom. The monoisotopic (exact) mass is 384 g/mol. The molecule has 1 aliphatic heterocycles. The molecule has 0 aromatic carbocycles. The Balaban J connectivity index is 1.81. The predicted octanol–water partition coefficient (Wildman–Crippen LogP) is 5.34. The molecule has 5 nitrogen and oxygen atoms in total. The lowest BCUT2D eigenvalue weighted by Gasteiger charge is -2.10. The van der Waals surface area contributed by atoms with Gasteiger partial charge in [0, 0.05) is 19.4 Å². The van der Waals surface area contributed by atoms with Crippen LogP contribution in [0.1, 0.15) is 103 Å². The first kappa shape index (κ1) is 23.9. The van der Waals surface area contributed by atoms with Gasteiger partial charge in [0.2, 0.25) is 0 Å². The molecule has 27 heavy (non-hydrogen) atoms. The Labute approximate surface area is 165 Å². The maximum atomic E-state index is 11.7. The Morgan fingerprint density at radius 2 is 1.41 bits per heavy atom. The van der Waals surface area contributed by atoms with Gasteiger partial charge in [0.05, 0.1) is 12.7 Å². The molecule has 0 N–H and O–H groups in total. The molecule has 0 aliphatic carbocycles. The number of esters is 2. The van der Waals surface area contributed by atoms with Crippen LogP contribution in [-0.4, -0.2) is 37.9 Å². The summed E-state index contributed by atoms with van der Waals surface area (Å²) in [6.07, 6.45) is 15.7. The van der Waals surface area contributed by atoms with Crippen LogP contribution >= 0.6 is 0 Å². The fourth-order valence-electron chi connectivity index (χ4n) is 3.26. The normalized spacial score (nSPS) is 16.4. The molecule has 0 amide bonds. The Morgan fingerprint density at radius 1 is 0.815 bits per heavy atom. The van der Waals surface area contributed by atoms with E-state index in [1.165, 1.54) is 51.4 Å². The molecule has 1 rings (SSSR count). The van der Waals surface area contributed by atoms with Crippen LogP contribution in [0.3, 0.4) is 0 Å². The molecule has 1 fully saturated rings. The number of hydrogen-bond donors (Lipinski definition) is 0. The molecular formula is C22H40O5. The Bertz CT molecular complexity index is 377. The van der Waals surface area contributed by atoms with Crippen LogP contribution in [0.25, 0.3) is 0 Å². The number of ether oxygens (including phenoxy) is 3. The second-order valence-electron chi connectivity index (χ2n) is 7.57. The first-order valence-corrected chi connectivity index (χ1v) is 11.1. The van der Waals surface area contributed by atoms with Gasteiger partial charge in [-0.25, -0.2) is 0 Å². The molecule has 0 aromatic rings. The Hall–Kier alpha value is -1.10. The summed E-state index contributed by atoms with van der Waals surface area (Å²) in [6, 6.07) is 0. The topological polar surface area (TPSA) is 61.8 Å². The highest BCUT2D eigenvalue weighted by molar-refractivity contribution is 5.72. The minimum Gasteiger partial charge on any atom is -0.466 e. The van der Waals surface area contributed by atoms with Crippen molar-refractivity contribution in [1.29, 1.82) is 0 Å². The number of carbonyl (C=O) groups excluding carboxylic acids is 2. The van der Waals surface area contributed by atoms with E-state index in [0.717, 1.165) is 32.3 Å². The van der Waals surface area contributed by atoms with Crippen molar-refractivity contribution in [2.75, 3.05) is 19.8 Å². The SMILES string of the molecule is CCCCCCCCCCCCOC(=O)CCCC(=O)OCC1CCCO1. The molecule has 158 valence electrons.